The largest absolute Gasteiger partial charge is 0.336 e. The van der Waals surface area contributed by atoms with Crippen LogP contribution in [-0.4, -0.2) is 57.6 Å². The van der Waals surface area contributed by atoms with Gasteiger partial charge in [0.25, 0.3) is 5.91 Å². The summed E-state index contributed by atoms with van der Waals surface area (Å²) < 4.78 is 1.81. The van der Waals surface area contributed by atoms with Gasteiger partial charge in [-0.25, -0.2) is 0 Å². The molecule has 0 spiro atoms. The number of carbonyl (C=O) groups excluding carboxylic acids is 2. The van der Waals surface area contributed by atoms with Crippen molar-refractivity contribution in [2.75, 3.05) is 26.2 Å². The summed E-state index contributed by atoms with van der Waals surface area (Å²) >= 11 is 1.45. The van der Waals surface area contributed by atoms with E-state index in [-0.39, 0.29) is 11.8 Å². The number of amides is 2. The van der Waals surface area contributed by atoms with Crippen molar-refractivity contribution in [1.82, 2.24) is 19.6 Å². The third-order valence-electron chi connectivity index (χ3n) is 4.57. The van der Waals surface area contributed by atoms with Gasteiger partial charge in [-0.15, -0.1) is 11.3 Å². The SMILES string of the molecule is Cc1nn(C)c(C)c1/C=C/C(=O)N1CCN(C(=O)c2cccs2)CC1. The number of hydrogen-bond donors (Lipinski definition) is 0. The van der Waals surface area contributed by atoms with Gasteiger partial charge in [0.15, 0.2) is 0 Å². The average Bonchev–Trinajstić information content (AvgIpc) is 3.22. The first kappa shape index (κ1) is 17.4. The molecule has 132 valence electrons. The Balaban J connectivity index is 1.58. The highest BCUT2D eigenvalue weighted by Crippen LogP contribution is 2.16. The van der Waals surface area contributed by atoms with Crippen LogP contribution in [0.5, 0.6) is 0 Å². The summed E-state index contributed by atoms with van der Waals surface area (Å²) in [4.78, 5) is 29.1. The zero-order valence-corrected chi connectivity index (χ0v) is 15.5. The Kier molecular flexibility index (Phi) is 5.03. The molecule has 0 radical (unpaired) electrons. The maximum Gasteiger partial charge on any atom is 0.264 e. The molecular formula is C18H22N4O2S. The van der Waals surface area contributed by atoms with Gasteiger partial charge in [-0.2, -0.15) is 5.10 Å². The Hall–Kier alpha value is -2.41. The number of piperazine rings is 1. The minimum Gasteiger partial charge on any atom is -0.336 e. The van der Waals surface area contributed by atoms with Gasteiger partial charge in [-0.05, 0) is 31.4 Å². The summed E-state index contributed by atoms with van der Waals surface area (Å²) in [6, 6.07) is 3.72. The molecule has 25 heavy (non-hydrogen) atoms. The minimum atomic E-state index is -0.0223. The van der Waals surface area contributed by atoms with Crippen molar-refractivity contribution in [3.63, 3.8) is 0 Å². The van der Waals surface area contributed by atoms with Gasteiger partial charge in [0.2, 0.25) is 5.91 Å². The van der Waals surface area contributed by atoms with Crippen LogP contribution in [0.1, 0.15) is 26.6 Å². The highest BCUT2D eigenvalue weighted by Gasteiger charge is 2.24. The van der Waals surface area contributed by atoms with Crippen molar-refractivity contribution >= 4 is 29.2 Å². The summed E-state index contributed by atoms with van der Waals surface area (Å²) in [6.07, 6.45) is 3.44. The second-order valence-corrected chi connectivity index (χ2v) is 7.08. The second-order valence-electron chi connectivity index (χ2n) is 6.14. The number of hydrogen-bond acceptors (Lipinski definition) is 4. The normalized spacial score (nSPS) is 15.2. The molecule has 1 fully saturated rings. The molecule has 2 aromatic rings. The fourth-order valence-electron chi connectivity index (χ4n) is 2.98. The average molecular weight is 358 g/mol. The molecule has 1 aliphatic rings. The van der Waals surface area contributed by atoms with Gasteiger partial charge in [0.1, 0.15) is 0 Å². The molecule has 7 heteroatoms. The Morgan fingerprint density at radius 1 is 1.16 bits per heavy atom. The van der Waals surface area contributed by atoms with Crippen molar-refractivity contribution in [3.05, 3.63) is 45.4 Å². The number of aryl methyl sites for hydroxylation is 2. The molecule has 3 heterocycles. The van der Waals surface area contributed by atoms with E-state index in [9.17, 15) is 9.59 Å². The number of rotatable bonds is 3. The molecule has 2 amide bonds. The van der Waals surface area contributed by atoms with Crippen molar-refractivity contribution in [2.24, 2.45) is 7.05 Å². The second kappa shape index (κ2) is 7.23. The summed E-state index contributed by atoms with van der Waals surface area (Å²) in [5.74, 6) is 0.0325. The van der Waals surface area contributed by atoms with E-state index in [1.165, 1.54) is 11.3 Å². The third-order valence-corrected chi connectivity index (χ3v) is 5.43. The fourth-order valence-corrected chi connectivity index (χ4v) is 3.67. The van der Waals surface area contributed by atoms with E-state index in [0.29, 0.717) is 26.2 Å². The smallest absolute Gasteiger partial charge is 0.264 e. The molecule has 0 N–H and O–H groups in total. The molecule has 0 aliphatic carbocycles. The van der Waals surface area contributed by atoms with Gasteiger partial charge in [-0.1, -0.05) is 6.07 Å². The van der Waals surface area contributed by atoms with E-state index in [1.807, 2.05) is 54.1 Å². The van der Waals surface area contributed by atoms with Crippen LogP contribution in [0, 0.1) is 13.8 Å². The van der Waals surface area contributed by atoms with Gasteiger partial charge in [0.05, 0.1) is 10.6 Å². The summed E-state index contributed by atoms with van der Waals surface area (Å²) in [5.41, 5.74) is 2.94. The summed E-state index contributed by atoms with van der Waals surface area (Å²) in [7, 11) is 1.89. The first-order valence-electron chi connectivity index (χ1n) is 8.27. The van der Waals surface area contributed by atoms with Crippen LogP contribution >= 0.6 is 11.3 Å². The first-order chi connectivity index (χ1) is 12.0. The number of carbonyl (C=O) groups is 2. The van der Waals surface area contributed by atoms with Gasteiger partial charge >= 0.3 is 0 Å². The third kappa shape index (κ3) is 3.66. The molecule has 3 rings (SSSR count). The first-order valence-corrected chi connectivity index (χ1v) is 9.15. The highest BCUT2D eigenvalue weighted by atomic mass is 32.1. The van der Waals surface area contributed by atoms with E-state index in [4.69, 9.17) is 0 Å². The molecule has 1 aliphatic heterocycles. The van der Waals surface area contributed by atoms with Crippen LogP contribution in [0.15, 0.2) is 23.6 Å². The van der Waals surface area contributed by atoms with E-state index in [1.54, 1.807) is 11.0 Å². The quantitative estimate of drug-likeness (QED) is 0.790. The van der Waals surface area contributed by atoms with E-state index >= 15 is 0 Å². The Bertz CT molecular complexity index is 799. The lowest BCUT2D eigenvalue weighted by atomic mass is 10.2. The van der Waals surface area contributed by atoms with Crippen LogP contribution in [0.2, 0.25) is 0 Å². The van der Waals surface area contributed by atoms with E-state index in [2.05, 4.69) is 5.10 Å². The lowest BCUT2D eigenvalue weighted by Gasteiger charge is -2.34. The molecule has 0 atom stereocenters. The van der Waals surface area contributed by atoms with Crippen LogP contribution in [-0.2, 0) is 11.8 Å². The fraction of sp³-hybridized carbons (Fsp3) is 0.389. The predicted octanol–water partition coefficient (Wildman–Crippen LogP) is 2.10. The van der Waals surface area contributed by atoms with Gasteiger partial charge < -0.3 is 9.80 Å². The van der Waals surface area contributed by atoms with Crippen molar-refractivity contribution in [3.8, 4) is 0 Å². The molecule has 0 aromatic carbocycles. The number of aromatic nitrogens is 2. The zero-order chi connectivity index (χ0) is 18.0. The van der Waals surface area contributed by atoms with Crippen molar-refractivity contribution in [1.29, 1.82) is 0 Å². The molecule has 0 unspecified atom stereocenters. The Morgan fingerprint density at radius 3 is 2.40 bits per heavy atom. The zero-order valence-electron chi connectivity index (χ0n) is 14.7. The topological polar surface area (TPSA) is 58.4 Å². The number of thiophene rings is 1. The number of nitrogens with zero attached hydrogens (tertiary/aromatic N) is 4. The van der Waals surface area contributed by atoms with Crippen molar-refractivity contribution in [2.45, 2.75) is 13.8 Å². The molecular weight excluding hydrogens is 336 g/mol. The Morgan fingerprint density at radius 2 is 1.84 bits per heavy atom. The van der Waals surface area contributed by atoms with Crippen molar-refractivity contribution < 1.29 is 9.59 Å². The molecule has 2 aromatic heterocycles. The lowest BCUT2D eigenvalue weighted by molar-refractivity contribution is -0.127. The van der Waals surface area contributed by atoms with Gasteiger partial charge in [-0.3, -0.25) is 14.3 Å². The predicted molar refractivity (Wildman–Crippen MR) is 98.5 cm³/mol. The van der Waals surface area contributed by atoms with Crippen LogP contribution in [0.3, 0.4) is 0 Å². The maximum absolute atomic E-state index is 12.4. The molecule has 0 bridgehead atoms. The lowest BCUT2D eigenvalue weighted by Crippen LogP contribution is -2.50. The van der Waals surface area contributed by atoms with E-state index in [0.717, 1.165) is 21.8 Å². The van der Waals surface area contributed by atoms with E-state index < -0.39 is 0 Å². The highest BCUT2D eigenvalue weighted by molar-refractivity contribution is 7.12. The maximum atomic E-state index is 12.4. The van der Waals surface area contributed by atoms with Crippen LogP contribution < -0.4 is 0 Å². The van der Waals surface area contributed by atoms with Crippen LogP contribution in [0.4, 0.5) is 0 Å². The summed E-state index contributed by atoms with van der Waals surface area (Å²) in [6.45, 7) is 6.18. The molecule has 0 saturated carbocycles. The Labute approximate surface area is 151 Å². The molecule has 1 saturated heterocycles. The van der Waals surface area contributed by atoms with Gasteiger partial charge in [0, 0.05) is 50.6 Å². The monoisotopic (exact) mass is 358 g/mol. The molecule has 6 nitrogen and oxygen atoms in total. The minimum absolute atomic E-state index is 0.0223. The van der Waals surface area contributed by atoms with Crippen LogP contribution in [0.25, 0.3) is 6.08 Å². The summed E-state index contributed by atoms with van der Waals surface area (Å²) in [5, 5.41) is 6.26. The standard InChI is InChI=1S/C18H22N4O2S/c1-13-15(14(2)20(3)19-13)6-7-17(23)21-8-10-22(11-9-21)18(24)16-5-4-12-25-16/h4-7,12H,8-11H2,1-3H3/b7-6+.